The molecule has 0 saturated carbocycles. The van der Waals surface area contributed by atoms with E-state index in [0.717, 1.165) is 29.9 Å². The second kappa shape index (κ2) is 4.39. The van der Waals surface area contributed by atoms with Crippen LogP contribution in [0, 0.1) is 5.92 Å². The normalized spacial score (nSPS) is 21.3. The maximum Gasteiger partial charge on any atom is 0.113 e. The second-order valence-corrected chi connectivity index (χ2v) is 5.87. The molecule has 1 atom stereocenters. The Morgan fingerprint density at radius 1 is 1.28 bits per heavy atom. The summed E-state index contributed by atoms with van der Waals surface area (Å²) >= 11 is 0. The first-order valence-corrected chi connectivity index (χ1v) is 6.84. The Hall–Kier alpha value is -1.35. The molecule has 1 aromatic carbocycles. The minimum atomic E-state index is 0.104. The minimum absolute atomic E-state index is 0.104. The van der Waals surface area contributed by atoms with E-state index in [0.29, 0.717) is 5.92 Å². The van der Waals surface area contributed by atoms with Gasteiger partial charge < -0.3 is 10.3 Å². The third-order valence-corrected chi connectivity index (χ3v) is 4.32. The Kier molecular flexibility index (Phi) is 2.86. The van der Waals surface area contributed by atoms with Crippen LogP contribution in [0.15, 0.2) is 24.3 Å². The zero-order valence-corrected chi connectivity index (χ0v) is 11.2. The first kappa shape index (κ1) is 11.7. The molecular weight excluding hydrogens is 222 g/mol. The van der Waals surface area contributed by atoms with E-state index in [2.05, 4.69) is 42.3 Å². The van der Waals surface area contributed by atoms with E-state index in [4.69, 9.17) is 4.98 Å². The van der Waals surface area contributed by atoms with E-state index >= 15 is 0 Å². The van der Waals surface area contributed by atoms with Crippen LogP contribution in [0.4, 0.5) is 0 Å². The largest absolute Gasteiger partial charge is 0.342 e. The molecule has 18 heavy (non-hydrogen) atoms. The van der Waals surface area contributed by atoms with E-state index in [1.165, 1.54) is 12.8 Å². The van der Waals surface area contributed by atoms with Gasteiger partial charge in [0.1, 0.15) is 5.82 Å². The number of hydrogen-bond donors (Lipinski definition) is 2. The second-order valence-electron chi connectivity index (χ2n) is 5.87. The highest BCUT2D eigenvalue weighted by Gasteiger charge is 2.34. The average molecular weight is 243 g/mol. The molecule has 1 unspecified atom stereocenters. The molecule has 0 spiro atoms. The number of para-hydroxylation sites is 2. The lowest BCUT2D eigenvalue weighted by Crippen LogP contribution is -2.41. The van der Waals surface area contributed by atoms with Crippen molar-refractivity contribution in [2.24, 2.45) is 5.92 Å². The smallest absolute Gasteiger partial charge is 0.113 e. The molecule has 1 aromatic heterocycles. The number of imidazole rings is 1. The van der Waals surface area contributed by atoms with Crippen LogP contribution in [-0.2, 0) is 5.41 Å². The summed E-state index contributed by atoms with van der Waals surface area (Å²) in [6.07, 6.45) is 2.56. The van der Waals surface area contributed by atoms with Gasteiger partial charge in [-0.15, -0.1) is 0 Å². The van der Waals surface area contributed by atoms with Crippen LogP contribution in [-0.4, -0.2) is 23.1 Å². The average Bonchev–Trinajstić information content (AvgIpc) is 2.84. The van der Waals surface area contributed by atoms with E-state index < -0.39 is 0 Å². The first-order valence-electron chi connectivity index (χ1n) is 6.84. The first-order chi connectivity index (χ1) is 8.68. The van der Waals surface area contributed by atoms with Crippen molar-refractivity contribution in [3.8, 4) is 0 Å². The highest BCUT2D eigenvalue weighted by molar-refractivity contribution is 5.74. The quantitative estimate of drug-likeness (QED) is 0.851. The van der Waals surface area contributed by atoms with Crippen molar-refractivity contribution in [2.75, 3.05) is 13.1 Å². The minimum Gasteiger partial charge on any atom is -0.342 e. The number of piperidine rings is 1. The Balaban J connectivity index is 1.96. The van der Waals surface area contributed by atoms with E-state index in [-0.39, 0.29) is 5.41 Å². The lowest BCUT2D eigenvalue weighted by atomic mass is 9.74. The van der Waals surface area contributed by atoms with Crippen LogP contribution < -0.4 is 5.32 Å². The molecule has 3 nitrogen and oxygen atoms in total. The summed E-state index contributed by atoms with van der Waals surface area (Å²) in [5, 5.41) is 3.50. The molecule has 0 bridgehead atoms. The van der Waals surface area contributed by atoms with Crippen LogP contribution >= 0.6 is 0 Å². The van der Waals surface area contributed by atoms with Gasteiger partial charge in [0.25, 0.3) is 0 Å². The lowest BCUT2D eigenvalue weighted by Gasteiger charge is -2.35. The predicted octanol–water partition coefficient (Wildman–Crippen LogP) is 2.84. The van der Waals surface area contributed by atoms with Gasteiger partial charge in [0.15, 0.2) is 0 Å². The van der Waals surface area contributed by atoms with E-state index in [1.54, 1.807) is 0 Å². The van der Waals surface area contributed by atoms with Gasteiger partial charge in [-0.05, 0) is 44.0 Å². The van der Waals surface area contributed by atoms with Gasteiger partial charge >= 0.3 is 0 Å². The molecule has 1 saturated heterocycles. The number of aromatic amines is 1. The SMILES string of the molecule is CC(C)(c1nc2ccccc2[nH]1)C1CCCNC1. The van der Waals surface area contributed by atoms with Crippen molar-refractivity contribution in [1.29, 1.82) is 0 Å². The van der Waals surface area contributed by atoms with Crippen molar-refractivity contribution < 1.29 is 0 Å². The van der Waals surface area contributed by atoms with Gasteiger partial charge in [-0.25, -0.2) is 4.98 Å². The third kappa shape index (κ3) is 1.93. The summed E-state index contributed by atoms with van der Waals surface area (Å²) < 4.78 is 0. The zero-order chi connectivity index (χ0) is 12.6. The molecule has 2 heterocycles. The standard InChI is InChI=1S/C15H21N3/c1-15(2,11-6-5-9-16-10-11)14-17-12-7-3-4-8-13(12)18-14/h3-4,7-8,11,16H,5-6,9-10H2,1-2H3,(H,17,18). The van der Waals surface area contributed by atoms with Crippen LogP contribution in [0.1, 0.15) is 32.5 Å². The maximum atomic E-state index is 4.78. The molecule has 1 fully saturated rings. The molecular formula is C15H21N3. The number of nitrogens with one attached hydrogen (secondary N) is 2. The van der Waals surface area contributed by atoms with Gasteiger partial charge in [0.05, 0.1) is 11.0 Å². The molecule has 96 valence electrons. The zero-order valence-electron chi connectivity index (χ0n) is 11.2. The van der Waals surface area contributed by atoms with Gasteiger partial charge in [0.2, 0.25) is 0 Å². The van der Waals surface area contributed by atoms with Crippen LogP contribution in [0.3, 0.4) is 0 Å². The van der Waals surface area contributed by atoms with Crippen molar-refractivity contribution in [1.82, 2.24) is 15.3 Å². The highest BCUT2D eigenvalue weighted by atomic mass is 15.0. The highest BCUT2D eigenvalue weighted by Crippen LogP contribution is 2.34. The molecule has 1 aliphatic rings. The fourth-order valence-electron chi connectivity index (χ4n) is 2.92. The fourth-order valence-corrected chi connectivity index (χ4v) is 2.92. The summed E-state index contributed by atoms with van der Waals surface area (Å²) in [5.74, 6) is 1.78. The van der Waals surface area contributed by atoms with E-state index in [1.807, 2.05) is 6.07 Å². The summed E-state index contributed by atoms with van der Waals surface area (Å²) in [4.78, 5) is 8.27. The molecule has 3 heteroatoms. The Bertz CT molecular complexity index is 502. The molecule has 0 radical (unpaired) electrons. The van der Waals surface area contributed by atoms with Crippen molar-refractivity contribution in [3.05, 3.63) is 30.1 Å². The Morgan fingerprint density at radius 3 is 2.83 bits per heavy atom. The van der Waals surface area contributed by atoms with Gasteiger partial charge in [0, 0.05) is 5.41 Å². The molecule has 0 amide bonds. The summed E-state index contributed by atoms with van der Waals surface area (Å²) in [6, 6.07) is 8.27. The Morgan fingerprint density at radius 2 is 2.11 bits per heavy atom. The Labute approximate surface area is 108 Å². The molecule has 2 N–H and O–H groups in total. The van der Waals surface area contributed by atoms with E-state index in [9.17, 15) is 0 Å². The summed E-state index contributed by atoms with van der Waals surface area (Å²) in [6.45, 7) is 6.88. The number of hydrogen-bond acceptors (Lipinski definition) is 2. The lowest BCUT2D eigenvalue weighted by molar-refractivity contribution is 0.243. The van der Waals surface area contributed by atoms with Crippen LogP contribution in [0.5, 0.6) is 0 Å². The molecule has 3 rings (SSSR count). The number of rotatable bonds is 2. The third-order valence-electron chi connectivity index (χ3n) is 4.32. The summed E-state index contributed by atoms with van der Waals surface area (Å²) in [7, 11) is 0. The van der Waals surface area contributed by atoms with Gasteiger partial charge in [-0.1, -0.05) is 26.0 Å². The maximum absolute atomic E-state index is 4.78. The van der Waals surface area contributed by atoms with Crippen LogP contribution in [0.2, 0.25) is 0 Å². The molecule has 0 aliphatic carbocycles. The number of benzene rings is 1. The number of H-pyrrole nitrogens is 1. The number of fused-ring (bicyclic) bond motifs is 1. The van der Waals surface area contributed by atoms with Crippen LogP contribution in [0.25, 0.3) is 11.0 Å². The summed E-state index contributed by atoms with van der Waals surface area (Å²) in [5.41, 5.74) is 2.32. The van der Waals surface area contributed by atoms with Gasteiger partial charge in [-0.3, -0.25) is 0 Å². The monoisotopic (exact) mass is 243 g/mol. The van der Waals surface area contributed by atoms with Gasteiger partial charge in [-0.2, -0.15) is 0 Å². The molecule has 1 aliphatic heterocycles. The predicted molar refractivity (Wildman–Crippen MR) is 74.7 cm³/mol. The molecule has 2 aromatic rings. The van der Waals surface area contributed by atoms with Crippen molar-refractivity contribution >= 4 is 11.0 Å². The van der Waals surface area contributed by atoms with Crippen molar-refractivity contribution in [2.45, 2.75) is 32.1 Å². The topological polar surface area (TPSA) is 40.7 Å². The number of aromatic nitrogens is 2. The number of nitrogens with zero attached hydrogens (tertiary/aromatic N) is 1. The van der Waals surface area contributed by atoms with Crippen molar-refractivity contribution in [3.63, 3.8) is 0 Å². The fraction of sp³-hybridized carbons (Fsp3) is 0.533.